The molecule has 5 nitrogen and oxygen atoms in total. The minimum atomic E-state index is -4.67. The van der Waals surface area contributed by atoms with Crippen LogP contribution in [-0.2, 0) is 22.7 Å². The van der Waals surface area contributed by atoms with Gasteiger partial charge >= 0.3 is 6.18 Å². The fourth-order valence-corrected chi connectivity index (χ4v) is 5.58. The Hall–Kier alpha value is -2.07. The Kier molecular flexibility index (Phi) is 5.80. The smallest absolute Gasteiger partial charge is 0.304 e. The number of aromatic nitrogens is 1. The van der Waals surface area contributed by atoms with Gasteiger partial charge in [-0.05, 0) is 49.0 Å². The van der Waals surface area contributed by atoms with Crippen LogP contribution in [0.3, 0.4) is 0 Å². The van der Waals surface area contributed by atoms with Gasteiger partial charge in [-0.2, -0.15) is 13.2 Å². The number of likely N-dealkylation sites (N-methyl/N-ethyl adjacent to an activating group) is 1. The van der Waals surface area contributed by atoms with Crippen molar-refractivity contribution in [3.05, 3.63) is 64.8 Å². The third-order valence-electron chi connectivity index (χ3n) is 5.52. The van der Waals surface area contributed by atoms with Crippen molar-refractivity contribution in [1.82, 2.24) is 13.8 Å². The summed E-state index contributed by atoms with van der Waals surface area (Å²) in [6.07, 6.45) is -3.33. The number of rotatable bonds is 4. The van der Waals surface area contributed by atoms with Gasteiger partial charge in [0.1, 0.15) is 4.90 Å². The zero-order valence-corrected chi connectivity index (χ0v) is 18.3. The molecular formula is C21H21ClF3N3O2S. The Morgan fingerprint density at radius 3 is 2.39 bits per heavy atom. The van der Waals surface area contributed by atoms with Gasteiger partial charge in [-0.1, -0.05) is 17.7 Å². The number of fused-ring (bicyclic) bond motifs is 1. The Balaban J connectivity index is 1.67. The molecule has 2 aromatic carbocycles. The first kappa shape index (κ1) is 22.1. The molecule has 0 radical (unpaired) electrons. The third kappa shape index (κ3) is 4.45. The fraction of sp³-hybridized carbons (Fsp3) is 0.333. The first-order valence-electron chi connectivity index (χ1n) is 9.69. The van der Waals surface area contributed by atoms with Crippen molar-refractivity contribution in [3.8, 4) is 0 Å². The average Bonchev–Trinajstić information content (AvgIpc) is 3.13. The molecule has 2 heterocycles. The second kappa shape index (κ2) is 8.12. The largest absolute Gasteiger partial charge is 0.416 e. The van der Waals surface area contributed by atoms with Crippen molar-refractivity contribution in [1.29, 1.82) is 0 Å². The van der Waals surface area contributed by atoms with Crippen LogP contribution in [0.4, 0.5) is 13.2 Å². The molecule has 166 valence electrons. The van der Waals surface area contributed by atoms with Crippen LogP contribution in [0.1, 0.15) is 11.1 Å². The molecular weight excluding hydrogens is 451 g/mol. The van der Waals surface area contributed by atoms with Gasteiger partial charge in [0.2, 0.25) is 0 Å². The van der Waals surface area contributed by atoms with Crippen LogP contribution in [-0.4, -0.2) is 55.4 Å². The average molecular weight is 472 g/mol. The summed E-state index contributed by atoms with van der Waals surface area (Å²) in [6, 6.07) is 9.37. The number of benzene rings is 2. The summed E-state index contributed by atoms with van der Waals surface area (Å²) >= 11 is 5.97. The van der Waals surface area contributed by atoms with Crippen molar-refractivity contribution in [2.24, 2.45) is 0 Å². The molecule has 10 heteroatoms. The van der Waals surface area contributed by atoms with E-state index in [1.807, 2.05) is 12.1 Å². The highest BCUT2D eigenvalue weighted by molar-refractivity contribution is 7.90. The number of hydrogen-bond acceptors (Lipinski definition) is 4. The highest BCUT2D eigenvalue weighted by Crippen LogP contribution is 2.35. The van der Waals surface area contributed by atoms with E-state index in [-0.39, 0.29) is 5.02 Å². The van der Waals surface area contributed by atoms with E-state index in [9.17, 15) is 21.6 Å². The van der Waals surface area contributed by atoms with Gasteiger partial charge in [0.25, 0.3) is 10.0 Å². The van der Waals surface area contributed by atoms with E-state index in [4.69, 9.17) is 11.6 Å². The summed E-state index contributed by atoms with van der Waals surface area (Å²) in [4.78, 5) is 4.02. The van der Waals surface area contributed by atoms with E-state index in [0.29, 0.717) is 17.0 Å². The molecule has 31 heavy (non-hydrogen) atoms. The van der Waals surface area contributed by atoms with Crippen molar-refractivity contribution < 1.29 is 21.6 Å². The molecule has 3 aromatic rings. The van der Waals surface area contributed by atoms with Crippen LogP contribution < -0.4 is 0 Å². The molecule has 0 N–H and O–H groups in total. The molecule has 0 bridgehead atoms. The predicted octanol–water partition coefficient (Wildman–Crippen LogP) is 4.30. The van der Waals surface area contributed by atoms with Gasteiger partial charge in [0, 0.05) is 44.3 Å². The number of hydrogen-bond donors (Lipinski definition) is 0. The molecule has 1 saturated heterocycles. The SMILES string of the molecule is CN1CCN(Cc2ccc3c(ccn3S(=O)(=O)c3cc(C(F)(F)F)ccc3Cl)c2)CC1. The molecule has 0 unspecified atom stereocenters. The van der Waals surface area contributed by atoms with Gasteiger partial charge in [0.05, 0.1) is 16.1 Å². The van der Waals surface area contributed by atoms with E-state index < -0.39 is 26.7 Å². The molecule has 0 atom stereocenters. The molecule has 0 saturated carbocycles. The predicted molar refractivity (Wildman–Crippen MR) is 114 cm³/mol. The zero-order valence-electron chi connectivity index (χ0n) is 16.7. The molecule has 0 aliphatic carbocycles. The summed E-state index contributed by atoms with van der Waals surface area (Å²) < 4.78 is 66.5. The molecule has 0 spiro atoms. The molecule has 4 rings (SSSR count). The van der Waals surface area contributed by atoms with Crippen molar-refractivity contribution in [2.45, 2.75) is 17.6 Å². The minimum absolute atomic E-state index is 0.262. The normalized spacial score (nSPS) is 16.8. The number of alkyl halides is 3. The zero-order chi connectivity index (χ0) is 22.4. The molecule has 1 aliphatic heterocycles. The van der Waals surface area contributed by atoms with E-state index in [1.165, 1.54) is 6.20 Å². The lowest BCUT2D eigenvalue weighted by Crippen LogP contribution is -2.43. The van der Waals surface area contributed by atoms with Crippen LogP contribution in [0.25, 0.3) is 10.9 Å². The lowest BCUT2D eigenvalue weighted by molar-refractivity contribution is -0.137. The number of nitrogens with zero attached hydrogens (tertiary/aromatic N) is 3. The van der Waals surface area contributed by atoms with Crippen LogP contribution >= 0.6 is 11.6 Å². The van der Waals surface area contributed by atoms with Crippen molar-refractivity contribution >= 4 is 32.5 Å². The molecule has 1 fully saturated rings. The maximum Gasteiger partial charge on any atom is 0.416 e. The van der Waals surface area contributed by atoms with Crippen LogP contribution in [0, 0.1) is 0 Å². The van der Waals surface area contributed by atoms with E-state index in [0.717, 1.165) is 54.4 Å². The van der Waals surface area contributed by atoms with Gasteiger partial charge in [-0.3, -0.25) is 4.90 Å². The van der Waals surface area contributed by atoms with Gasteiger partial charge in [-0.15, -0.1) is 0 Å². The standard InChI is InChI=1S/C21H21ClF3N3O2S/c1-26-8-10-27(11-9-26)14-15-2-5-19-16(12-15)6-7-28(19)31(29,30)20-13-17(21(23,24)25)3-4-18(20)22/h2-7,12-13H,8-11,14H2,1H3. The molecule has 1 aromatic heterocycles. The van der Waals surface area contributed by atoms with E-state index in [2.05, 4.69) is 16.8 Å². The molecule has 1 aliphatic rings. The lowest BCUT2D eigenvalue weighted by atomic mass is 10.1. The lowest BCUT2D eigenvalue weighted by Gasteiger charge is -2.32. The maximum absolute atomic E-state index is 13.1. The summed E-state index contributed by atoms with van der Waals surface area (Å²) in [7, 11) is -2.23. The van der Waals surface area contributed by atoms with Crippen LogP contribution in [0.5, 0.6) is 0 Å². The molecule has 0 amide bonds. The van der Waals surface area contributed by atoms with Gasteiger partial charge in [-0.25, -0.2) is 12.4 Å². The fourth-order valence-electron chi connectivity index (χ4n) is 3.72. The number of halogens is 4. The summed E-state index contributed by atoms with van der Waals surface area (Å²) in [5, 5.41) is 0.430. The van der Waals surface area contributed by atoms with Crippen LogP contribution in [0.2, 0.25) is 5.02 Å². The topological polar surface area (TPSA) is 45.5 Å². The maximum atomic E-state index is 13.1. The van der Waals surface area contributed by atoms with Gasteiger partial charge < -0.3 is 4.90 Å². The van der Waals surface area contributed by atoms with E-state index >= 15 is 0 Å². The monoisotopic (exact) mass is 471 g/mol. The Morgan fingerprint density at radius 1 is 1.00 bits per heavy atom. The van der Waals surface area contributed by atoms with Crippen molar-refractivity contribution in [2.75, 3.05) is 33.2 Å². The Bertz CT molecular complexity index is 1220. The highest BCUT2D eigenvalue weighted by atomic mass is 35.5. The van der Waals surface area contributed by atoms with Gasteiger partial charge in [0.15, 0.2) is 0 Å². The Labute approximate surface area is 183 Å². The Morgan fingerprint density at radius 2 is 1.71 bits per heavy atom. The minimum Gasteiger partial charge on any atom is -0.304 e. The quantitative estimate of drug-likeness (QED) is 0.569. The summed E-state index contributed by atoms with van der Waals surface area (Å²) in [6.45, 7) is 4.65. The van der Waals surface area contributed by atoms with Crippen LogP contribution in [0.15, 0.2) is 53.6 Å². The second-order valence-electron chi connectivity index (χ2n) is 7.73. The number of piperazine rings is 1. The first-order valence-corrected chi connectivity index (χ1v) is 11.5. The second-order valence-corrected chi connectivity index (χ2v) is 9.92. The third-order valence-corrected chi connectivity index (χ3v) is 7.69. The van der Waals surface area contributed by atoms with Crippen molar-refractivity contribution in [3.63, 3.8) is 0 Å². The first-order chi connectivity index (χ1) is 14.6. The summed E-state index contributed by atoms with van der Waals surface area (Å²) in [5.74, 6) is 0. The van der Waals surface area contributed by atoms with E-state index in [1.54, 1.807) is 12.1 Å². The highest BCUT2D eigenvalue weighted by Gasteiger charge is 2.33. The summed E-state index contributed by atoms with van der Waals surface area (Å²) in [5.41, 5.74) is 0.362.